The second kappa shape index (κ2) is 6.93. The molecule has 2 heteroatoms. The van der Waals surface area contributed by atoms with E-state index in [1.165, 1.54) is 12.0 Å². The van der Waals surface area contributed by atoms with Gasteiger partial charge in [-0.3, -0.25) is 0 Å². The molecule has 0 amide bonds. The number of hydrogen-bond donors (Lipinski definition) is 1. The standard InChI is InChI=1S/C14H22ClN/c1-4-9-16-11(3)14(5-2)12-7-6-8-13(15)10-12/h6-8,10-11,14,16H,4-5,9H2,1-3H3. The number of nitrogens with one attached hydrogen (secondary N) is 1. The molecule has 0 heterocycles. The first-order valence-electron chi connectivity index (χ1n) is 6.17. The van der Waals surface area contributed by atoms with Gasteiger partial charge in [0.05, 0.1) is 0 Å². The Morgan fingerprint density at radius 1 is 1.31 bits per heavy atom. The molecule has 0 aliphatic heterocycles. The van der Waals surface area contributed by atoms with Gasteiger partial charge in [0, 0.05) is 11.1 Å². The highest BCUT2D eigenvalue weighted by Crippen LogP contribution is 2.25. The third-order valence-corrected chi connectivity index (χ3v) is 3.27. The molecule has 90 valence electrons. The zero-order valence-corrected chi connectivity index (χ0v) is 11.2. The molecule has 0 aliphatic rings. The number of halogens is 1. The van der Waals surface area contributed by atoms with Crippen LogP contribution in [-0.2, 0) is 0 Å². The summed E-state index contributed by atoms with van der Waals surface area (Å²) in [5.41, 5.74) is 1.34. The summed E-state index contributed by atoms with van der Waals surface area (Å²) in [4.78, 5) is 0. The summed E-state index contributed by atoms with van der Waals surface area (Å²) in [6, 6.07) is 8.72. The normalized spacial score (nSPS) is 14.8. The van der Waals surface area contributed by atoms with Crippen LogP contribution >= 0.6 is 11.6 Å². The van der Waals surface area contributed by atoms with Gasteiger partial charge in [0.1, 0.15) is 0 Å². The van der Waals surface area contributed by atoms with E-state index in [1.54, 1.807) is 0 Å². The van der Waals surface area contributed by atoms with Gasteiger partial charge in [0.15, 0.2) is 0 Å². The van der Waals surface area contributed by atoms with Gasteiger partial charge in [-0.25, -0.2) is 0 Å². The maximum atomic E-state index is 6.03. The van der Waals surface area contributed by atoms with Crippen LogP contribution in [0, 0.1) is 0 Å². The number of benzene rings is 1. The molecule has 2 unspecified atom stereocenters. The van der Waals surface area contributed by atoms with Crippen LogP contribution < -0.4 is 5.32 Å². The first-order chi connectivity index (χ1) is 7.69. The van der Waals surface area contributed by atoms with Crippen LogP contribution in [0.4, 0.5) is 0 Å². The maximum Gasteiger partial charge on any atom is 0.0408 e. The Morgan fingerprint density at radius 2 is 2.06 bits per heavy atom. The Labute approximate surface area is 104 Å². The fourth-order valence-corrected chi connectivity index (χ4v) is 2.33. The van der Waals surface area contributed by atoms with E-state index < -0.39 is 0 Å². The first kappa shape index (κ1) is 13.5. The molecule has 1 aromatic rings. The summed E-state index contributed by atoms with van der Waals surface area (Å²) in [5.74, 6) is 0.547. The highest BCUT2D eigenvalue weighted by Gasteiger charge is 2.16. The minimum absolute atomic E-state index is 0.503. The lowest BCUT2D eigenvalue weighted by atomic mass is 9.90. The summed E-state index contributed by atoms with van der Waals surface area (Å²) in [5, 5.41) is 4.39. The zero-order chi connectivity index (χ0) is 12.0. The number of rotatable bonds is 6. The van der Waals surface area contributed by atoms with Crippen molar-refractivity contribution in [2.45, 2.75) is 45.6 Å². The Hall–Kier alpha value is -0.530. The third-order valence-electron chi connectivity index (χ3n) is 3.04. The van der Waals surface area contributed by atoms with E-state index >= 15 is 0 Å². The van der Waals surface area contributed by atoms with Crippen molar-refractivity contribution in [2.75, 3.05) is 6.54 Å². The zero-order valence-electron chi connectivity index (χ0n) is 10.5. The average molecular weight is 240 g/mol. The van der Waals surface area contributed by atoms with E-state index in [0.29, 0.717) is 12.0 Å². The minimum atomic E-state index is 0.503. The van der Waals surface area contributed by atoms with E-state index in [0.717, 1.165) is 18.0 Å². The van der Waals surface area contributed by atoms with Gasteiger partial charge in [0.25, 0.3) is 0 Å². The topological polar surface area (TPSA) is 12.0 Å². The summed E-state index contributed by atoms with van der Waals surface area (Å²) < 4.78 is 0. The summed E-state index contributed by atoms with van der Waals surface area (Å²) in [7, 11) is 0. The monoisotopic (exact) mass is 239 g/mol. The molecule has 0 aliphatic carbocycles. The van der Waals surface area contributed by atoms with Gasteiger partial charge in [-0.05, 0) is 49.9 Å². The lowest BCUT2D eigenvalue weighted by molar-refractivity contribution is 0.450. The van der Waals surface area contributed by atoms with E-state index in [-0.39, 0.29) is 0 Å². The smallest absolute Gasteiger partial charge is 0.0408 e. The molecule has 0 fully saturated rings. The Kier molecular flexibility index (Phi) is 5.86. The van der Waals surface area contributed by atoms with Crippen molar-refractivity contribution in [1.82, 2.24) is 5.32 Å². The van der Waals surface area contributed by atoms with Gasteiger partial charge in [-0.15, -0.1) is 0 Å². The second-order valence-electron chi connectivity index (χ2n) is 4.31. The quantitative estimate of drug-likeness (QED) is 0.784. The van der Waals surface area contributed by atoms with E-state index in [9.17, 15) is 0 Å². The van der Waals surface area contributed by atoms with Crippen molar-refractivity contribution in [1.29, 1.82) is 0 Å². The van der Waals surface area contributed by atoms with Gasteiger partial charge in [-0.1, -0.05) is 37.6 Å². The lowest BCUT2D eigenvalue weighted by Gasteiger charge is -2.24. The molecule has 0 saturated heterocycles. The predicted octanol–water partition coefficient (Wildman–Crippen LogP) is 4.22. The van der Waals surface area contributed by atoms with Crippen molar-refractivity contribution < 1.29 is 0 Å². The van der Waals surface area contributed by atoms with Gasteiger partial charge < -0.3 is 5.32 Å². The molecule has 0 radical (unpaired) electrons. The minimum Gasteiger partial charge on any atom is -0.314 e. The van der Waals surface area contributed by atoms with E-state index in [4.69, 9.17) is 11.6 Å². The summed E-state index contributed by atoms with van der Waals surface area (Å²) >= 11 is 6.03. The molecule has 0 bridgehead atoms. The van der Waals surface area contributed by atoms with Crippen LogP contribution in [0.3, 0.4) is 0 Å². The maximum absolute atomic E-state index is 6.03. The van der Waals surface area contributed by atoms with Crippen LogP contribution in [0.15, 0.2) is 24.3 Å². The van der Waals surface area contributed by atoms with Crippen LogP contribution in [0.25, 0.3) is 0 Å². The highest BCUT2D eigenvalue weighted by atomic mass is 35.5. The molecule has 0 saturated carbocycles. The molecule has 0 spiro atoms. The summed E-state index contributed by atoms with van der Waals surface area (Å²) in [6.45, 7) is 7.76. The molecule has 1 nitrogen and oxygen atoms in total. The van der Waals surface area contributed by atoms with Crippen molar-refractivity contribution in [2.24, 2.45) is 0 Å². The summed E-state index contributed by atoms with van der Waals surface area (Å²) in [6.07, 6.45) is 2.31. The largest absolute Gasteiger partial charge is 0.314 e. The van der Waals surface area contributed by atoms with E-state index in [1.807, 2.05) is 12.1 Å². The van der Waals surface area contributed by atoms with Gasteiger partial charge >= 0.3 is 0 Å². The molecular weight excluding hydrogens is 218 g/mol. The molecule has 0 aromatic heterocycles. The SMILES string of the molecule is CCCNC(C)C(CC)c1cccc(Cl)c1. The van der Waals surface area contributed by atoms with Gasteiger partial charge in [0.2, 0.25) is 0 Å². The Morgan fingerprint density at radius 3 is 2.62 bits per heavy atom. The van der Waals surface area contributed by atoms with Crippen molar-refractivity contribution >= 4 is 11.6 Å². The van der Waals surface area contributed by atoms with Crippen molar-refractivity contribution in [3.05, 3.63) is 34.9 Å². The second-order valence-corrected chi connectivity index (χ2v) is 4.75. The van der Waals surface area contributed by atoms with Crippen LogP contribution in [-0.4, -0.2) is 12.6 Å². The Bertz CT molecular complexity index is 311. The van der Waals surface area contributed by atoms with Crippen LogP contribution in [0.5, 0.6) is 0 Å². The van der Waals surface area contributed by atoms with Crippen LogP contribution in [0.1, 0.15) is 45.1 Å². The molecule has 2 atom stereocenters. The fraction of sp³-hybridized carbons (Fsp3) is 0.571. The van der Waals surface area contributed by atoms with E-state index in [2.05, 4.69) is 38.2 Å². The molecule has 1 rings (SSSR count). The number of hydrogen-bond acceptors (Lipinski definition) is 1. The molecule has 1 aromatic carbocycles. The van der Waals surface area contributed by atoms with Crippen LogP contribution in [0.2, 0.25) is 5.02 Å². The van der Waals surface area contributed by atoms with Crippen molar-refractivity contribution in [3.63, 3.8) is 0 Å². The molecule has 16 heavy (non-hydrogen) atoms. The fourth-order valence-electron chi connectivity index (χ4n) is 2.13. The highest BCUT2D eigenvalue weighted by molar-refractivity contribution is 6.30. The van der Waals surface area contributed by atoms with Gasteiger partial charge in [-0.2, -0.15) is 0 Å². The Balaban J connectivity index is 2.73. The molecule has 1 N–H and O–H groups in total. The van der Waals surface area contributed by atoms with Crippen molar-refractivity contribution in [3.8, 4) is 0 Å². The lowest BCUT2D eigenvalue weighted by Crippen LogP contribution is -2.32. The average Bonchev–Trinajstić information content (AvgIpc) is 2.27. The molecular formula is C14H22ClN. The third kappa shape index (κ3) is 3.80. The first-order valence-corrected chi connectivity index (χ1v) is 6.55. The predicted molar refractivity (Wildman–Crippen MR) is 72.2 cm³/mol.